The summed E-state index contributed by atoms with van der Waals surface area (Å²) in [5.41, 5.74) is 7.52. The Morgan fingerprint density at radius 1 is 1.40 bits per heavy atom. The Bertz CT molecular complexity index is 591. The summed E-state index contributed by atoms with van der Waals surface area (Å²) in [6, 6.07) is 0. The Morgan fingerprint density at radius 2 is 2.20 bits per heavy atom. The zero-order chi connectivity index (χ0) is 14.5. The lowest BCUT2D eigenvalue weighted by molar-refractivity contribution is -0.120. The molecule has 0 aromatic carbocycles. The molecular formula is C13H18N4OS2. The van der Waals surface area contributed by atoms with Crippen LogP contribution in [0.1, 0.15) is 27.7 Å². The molecule has 2 heterocycles. The second-order valence-corrected chi connectivity index (χ2v) is 6.73. The fourth-order valence-electron chi connectivity index (χ4n) is 1.88. The molecule has 2 aromatic heterocycles. The van der Waals surface area contributed by atoms with Gasteiger partial charge in [0.05, 0.1) is 22.8 Å². The van der Waals surface area contributed by atoms with Crippen molar-refractivity contribution in [3.8, 4) is 0 Å². The van der Waals surface area contributed by atoms with Gasteiger partial charge in [-0.05, 0) is 26.7 Å². The number of aryl methyl sites for hydroxylation is 3. The van der Waals surface area contributed by atoms with E-state index in [-0.39, 0.29) is 5.91 Å². The van der Waals surface area contributed by atoms with Crippen LogP contribution in [0.2, 0.25) is 0 Å². The summed E-state index contributed by atoms with van der Waals surface area (Å²) in [5, 5.41) is 6.49. The van der Waals surface area contributed by atoms with Crippen LogP contribution in [0, 0.1) is 13.8 Å². The molecule has 0 spiro atoms. The molecule has 1 amide bonds. The molecule has 2 rings (SSSR count). The number of amides is 1. The summed E-state index contributed by atoms with van der Waals surface area (Å²) in [5.74, 6) is 0.0505. The van der Waals surface area contributed by atoms with Gasteiger partial charge in [-0.2, -0.15) is 0 Å². The average Bonchev–Trinajstić information content (AvgIpc) is 2.92. The van der Waals surface area contributed by atoms with Crippen LogP contribution >= 0.6 is 22.7 Å². The zero-order valence-corrected chi connectivity index (χ0v) is 13.2. The minimum atomic E-state index is 0.0505. The van der Waals surface area contributed by atoms with Gasteiger partial charge in [0.1, 0.15) is 0 Å². The van der Waals surface area contributed by atoms with Gasteiger partial charge in [-0.25, -0.2) is 9.97 Å². The topological polar surface area (TPSA) is 80.9 Å². The molecule has 0 aliphatic heterocycles. The van der Waals surface area contributed by atoms with Gasteiger partial charge >= 0.3 is 0 Å². The number of nitrogens with one attached hydrogen (secondary N) is 1. The predicted molar refractivity (Wildman–Crippen MR) is 83.1 cm³/mol. The summed E-state index contributed by atoms with van der Waals surface area (Å²) in [6.07, 6.45) is 2.13. The van der Waals surface area contributed by atoms with Crippen molar-refractivity contribution in [1.82, 2.24) is 15.3 Å². The lowest BCUT2D eigenvalue weighted by atomic mass is 10.2. The van der Waals surface area contributed by atoms with Gasteiger partial charge in [0.25, 0.3) is 0 Å². The van der Waals surface area contributed by atoms with Crippen molar-refractivity contribution >= 4 is 33.7 Å². The van der Waals surface area contributed by atoms with Gasteiger partial charge in [0.2, 0.25) is 5.91 Å². The molecule has 0 fully saturated rings. The van der Waals surface area contributed by atoms with E-state index in [2.05, 4.69) is 15.3 Å². The highest BCUT2D eigenvalue weighted by atomic mass is 32.1. The quantitative estimate of drug-likeness (QED) is 0.801. The average molecular weight is 310 g/mol. The lowest BCUT2D eigenvalue weighted by Crippen LogP contribution is -2.26. The molecule has 5 nitrogen and oxygen atoms in total. The first kappa shape index (κ1) is 14.9. The molecule has 7 heteroatoms. The van der Waals surface area contributed by atoms with Crippen LogP contribution in [0.4, 0.5) is 5.13 Å². The summed E-state index contributed by atoms with van der Waals surface area (Å²) >= 11 is 3.04. The maximum absolute atomic E-state index is 11.8. The lowest BCUT2D eigenvalue weighted by Gasteiger charge is -2.03. The first-order valence-electron chi connectivity index (χ1n) is 6.44. The molecule has 20 heavy (non-hydrogen) atoms. The number of carbonyl (C=O) groups is 1. The molecule has 0 saturated heterocycles. The van der Waals surface area contributed by atoms with Crippen molar-refractivity contribution in [3.05, 3.63) is 26.7 Å². The van der Waals surface area contributed by atoms with E-state index in [0.717, 1.165) is 34.1 Å². The van der Waals surface area contributed by atoms with E-state index in [1.54, 1.807) is 11.3 Å². The maximum Gasteiger partial charge on any atom is 0.225 e. The third kappa shape index (κ3) is 4.28. The number of nitrogens with two attached hydrogens (primary N) is 1. The minimum Gasteiger partial charge on any atom is -0.375 e. The third-order valence-corrected chi connectivity index (χ3v) is 4.62. The molecule has 0 atom stereocenters. The van der Waals surface area contributed by atoms with Crippen molar-refractivity contribution in [2.45, 2.75) is 33.1 Å². The summed E-state index contributed by atoms with van der Waals surface area (Å²) in [7, 11) is 0. The number of aromatic nitrogens is 2. The summed E-state index contributed by atoms with van der Waals surface area (Å²) in [4.78, 5) is 21.4. The van der Waals surface area contributed by atoms with Crippen molar-refractivity contribution in [2.75, 3.05) is 12.3 Å². The standard InChI is InChI=1S/C13H18N4OS2/c1-8-11(20-9(2)16-8)6-12(18)15-5-3-4-10-7-19-13(14)17-10/h7H,3-6H2,1-2H3,(H2,14,17)(H,15,18). The van der Waals surface area contributed by atoms with Gasteiger partial charge in [-0.3, -0.25) is 4.79 Å². The minimum absolute atomic E-state index is 0.0505. The molecule has 0 unspecified atom stereocenters. The molecular weight excluding hydrogens is 292 g/mol. The van der Waals surface area contributed by atoms with Crippen molar-refractivity contribution in [1.29, 1.82) is 0 Å². The van der Waals surface area contributed by atoms with Crippen LogP contribution in [0.25, 0.3) is 0 Å². The molecule has 108 valence electrons. The first-order valence-corrected chi connectivity index (χ1v) is 8.13. The number of hydrogen-bond acceptors (Lipinski definition) is 6. The van der Waals surface area contributed by atoms with E-state index >= 15 is 0 Å². The van der Waals surface area contributed by atoms with Crippen LogP contribution < -0.4 is 11.1 Å². The second kappa shape index (κ2) is 6.81. The van der Waals surface area contributed by atoms with E-state index in [0.29, 0.717) is 18.1 Å². The highest BCUT2D eigenvalue weighted by Crippen LogP contribution is 2.17. The number of nitrogen functional groups attached to an aromatic ring is 1. The fourth-order valence-corrected chi connectivity index (χ4v) is 3.41. The molecule has 3 N–H and O–H groups in total. The Balaban J connectivity index is 1.69. The highest BCUT2D eigenvalue weighted by molar-refractivity contribution is 7.13. The Morgan fingerprint density at radius 3 is 2.80 bits per heavy atom. The predicted octanol–water partition coefficient (Wildman–Crippen LogP) is 2.09. The second-order valence-electron chi connectivity index (χ2n) is 4.55. The number of hydrogen-bond donors (Lipinski definition) is 2. The zero-order valence-electron chi connectivity index (χ0n) is 11.6. The van der Waals surface area contributed by atoms with E-state index in [1.165, 1.54) is 11.3 Å². The van der Waals surface area contributed by atoms with Crippen LogP contribution in [0.15, 0.2) is 5.38 Å². The van der Waals surface area contributed by atoms with Gasteiger partial charge in [-0.1, -0.05) is 0 Å². The van der Waals surface area contributed by atoms with Crippen molar-refractivity contribution in [3.63, 3.8) is 0 Å². The Kier molecular flexibility index (Phi) is 5.08. The fraction of sp³-hybridized carbons (Fsp3) is 0.462. The number of nitrogens with zero attached hydrogens (tertiary/aromatic N) is 2. The molecule has 0 radical (unpaired) electrons. The smallest absolute Gasteiger partial charge is 0.225 e. The van der Waals surface area contributed by atoms with E-state index in [9.17, 15) is 4.79 Å². The van der Waals surface area contributed by atoms with Crippen LogP contribution in [0.5, 0.6) is 0 Å². The highest BCUT2D eigenvalue weighted by Gasteiger charge is 2.09. The normalized spacial score (nSPS) is 10.7. The molecule has 0 aliphatic rings. The van der Waals surface area contributed by atoms with Gasteiger partial charge in [0.15, 0.2) is 5.13 Å². The third-order valence-electron chi connectivity index (χ3n) is 2.82. The maximum atomic E-state index is 11.8. The van der Waals surface area contributed by atoms with Gasteiger partial charge < -0.3 is 11.1 Å². The largest absolute Gasteiger partial charge is 0.375 e. The van der Waals surface area contributed by atoms with Crippen LogP contribution in [-0.4, -0.2) is 22.4 Å². The Labute approximate surface area is 126 Å². The molecule has 0 aliphatic carbocycles. The van der Waals surface area contributed by atoms with E-state index < -0.39 is 0 Å². The summed E-state index contributed by atoms with van der Waals surface area (Å²) < 4.78 is 0. The van der Waals surface area contributed by atoms with Crippen LogP contribution in [0.3, 0.4) is 0 Å². The SMILES string of the molecule is Cc1nc(C)c(CC(=O)NCCCc2csc(N)n2)s1. The summed E-state index contributed by atoms with van der Waals surface area (Å²) in [6.45, 7) is 4.56. The molecule has 2 aromatic rings. The van der Waals surface area contributed by atoms with Gasteiger partial charge in [-0.15, -0.1) is 22.7 Å². The van der Waals surface area contributed by atoms with Crippen molar-refractivity contribution in [2.24, 2.45) is 0 Å². The van der Waals surface area contributed by atoms with Crippen LogP contribution in [-0.2, 0) is 17.6 Å². The van der Waals surface area contributed by atoms with E-state index in [4.69, 9.17) is 5.73 Å². The number of carbonyl (C=O) groups excluding carboxylic acids is 1. The number of thiazole rings is 2. The first-order chi connectivity index (χ1) is 9.54. The molecule has 0 saturated carbocycles. The number of rotatable bonds is 6. The number of anilines is 1. The van der Waals surface area contributed by atoms with Gasteiger partial charge in [0, 0.05) is 16.8 Å². The Hall–Kier alpha value is -1.47. The van der Waals surface area contributed by atoms with E-state index in [1.807, 2.05) is 19.2 Å². The molecule has 0 bridgehead atoms. The monoisotopic (exact) mass is 310 g/mol. The van der Waals surface area contributed by atoms with Crippen molar-refractivity contribution < 1.29 is 4.79 Å².